The van der Waals surface area contributed by atoms with Crippen LogP contribution >= 0.6 is 0 Å². The van der Waals surface area contributed by atoms with Gasteiger partial charge in [-0.05, 0) is 30.3 Å². The standard InChI is InChI=1S/C26H28FN3O5/c27-21-8-4-7-20(17-21)23(31)28-11-9-26(10-12-28)30(24(32)19-5-2-1-3-6-19)22(18-35-26)25(33)29-13-15-34-16-14-29/h1-8,17,22H,9-16,18H2/t22-/m1/s1. The maximum Gasteiger partial charge on any atom is 0.256 e. The zero-order valence-electron chi connectivity index (χ0n) is 19.4. The number of halogens is 1. The van der Waals surface area contributed by atoms with E-state index >= 15 is 0 Å². The number of hydrogen-bond donors (Lipinski definition) is 0. The normalized spacial score (nSPS) is 21.9. The number of nitrogens with zero attached hydrogens (tertiary/aromatic N) is 3. The van der Waals surface area contributed by atoms with Crippen LogP contribution in [0.15, 0.2) is 54.6 Å². The molecule has 3 fully saturated rings. The molecule has 3 amide bonds. The van der Waals surface area contributed by atoms with Crippen molar-refractivity contribution in [3.63, 3.8) is 0 Å². The highest BCUT2D eigenvalue weighted by Crippen LogP contribution is 2.39. The first-order valence-corrected chi connectivity index (χ1v) is 11.9. The van der Waals surface area contributed by atoms with Gasteiger partial charge in [0.1, 0.15) is 17.6 Å². The van der Waals surface area contributed by atoms with Crippen molar-refractivity contribution in [2.24, 2.45) is 0 Å². The number of hydrogen-bond acceptors (Lipinski definition) is 5. The molecule has 2 aromatic rings. The summed E-state index contributed by atoms with van der Waals surface area (Å²) in [7, 11) is 0. The number of rotatable bonds is 3. The van der Waals surface area contributed by atoms with E-state index in [9.17, 15) is 18.8 Å². The average molecular weight is 482 g/mol. The summed E-state index contributed by atoms with van der Waals surface area (Å²) in [5.41, 5.74) is -0.223. The molecule has 3 heterocycles. The van der Waals surface area contributed by atoms with Crippen molar-refractivity contribution in [3.05, 3.63) is 71.5 Å². The van der Waals surface area contributed by atoms with Crippen LogP contribution in [0.2, 0.25) is 0 Å². The van der Waals surface area contributed by atoms with Gasteiger partial charge in [0.2, 0.25) is 5.91 Å². The Balaban J connectivity index is 1.38. The van der Waals surface area contributed by atoms with Crippen LogP contribution in [0.1, 0.15) is 33.6 Å². The lowest BCUT2D eigenvalue weighted by Crippen LogP contribution is -2.60. The van der Waals surface area contributed by atoms with Crippen LogP contribution in [0.3, 0.4) is 0 Å². The molecule has 9 heteroatoms. The van der Waals surface area contributed by atoms with Gasteiger partial charge >= 0.3 is 0 Å². The minimum atomic E-state index is -0.988. The fourth-order valence-corrected chi connectivity index (χ4v) is 5.13. The second-order valence-electron chi connectivity index (χ2n) is 9.05. The predicted octanol–water partition coefficient (Wildman–Crippen LogP) is 2.16. The smallest absolute Gasteiger partial charge is 0.256 e. The van der Waals surface area contributed by atoms with Gasteiger partial charge in [0.15, 0.2) is 0 Å². The van der Waals surface area contributed by atoms with Crippen molar-refractivity contribution >= 4 is 17.7 Å². The first-order chi connectivity index (χ1) is 17.0. The molecule has 2 aromatic carbocycles. The molecule has 5 rings (SSSR count). The van der Waals surface area contributed by atoms with Crippen molar-refractivity contribution < 1.29 is 28.2 Å². The summed E-state index contributed by atoms with van der Waals surface area (Å²) in [4.78, 5) is 45.1. The van der Waals surface area contributed by atoms with Crippen LogP contribution in [0.4, 0.5) is 4.39 Å². The van der Waals surface area contributed by atoms with Gasteiger partial charge in [0.05, 0.1) is 19.8 Å². The van der Waals surface area contributed by atoms with Crippen molar-refractivity contribution in [3.8, 4) is 0 Å². The third-order valence-electron chi connectivity index (χ3n) is 7.01. The molecule has 0 aliphatic carbocycles. The maximum absolute atomic E-state index is 13.7. The van der Waals surface area contributed by atoms with Crippen LogP contribution < -0.4 is 0 Å². The van der Waals surface area contributed by atoms with E-state index in [4.69, 9.17) is 9.47 Å². The molecule has 0 bridgehead atoms. The summed E-state index contributed by atoms with van der Waals surface area (Å²) in [6.45, 7) is 2.64. The summed E-state index contributed by atoms with van der Waals surface area (Å²) in [6.07, 6.45) is 0.721. The number of amides is 3. The van der Waals surface area contributed by atoms with E-state index < -0.39 is 17.6 Å². The topological polar surface area (TPSA) is 79.4 Å². The number of piperidine rings is 1. The number of ether oxygens (including phenoxy) is 2. The summed E-state index contributed by atoms with van der Waals surface area (Å²) in [5.74, 6) is -1.14. The van der Waals surface area contributed by atoms with E-state index in [2.05, 4.69) is 0 Å². The third kappa shape index (κ3) is 4.53. The highest BCUT2D eigenvalue weighted by atomic mass is 19.1. The van der Waals surface area contributed by atoms with Gasteiger partial charge in [-0.15, -0.1) is 0 Å². The number of benzene rings is 2. The Hall–Kier alpha value is -3.30. The van der Waals surface area contributed by atoms with Crippen LogP contribution in [-0.2, 0) is 14.3 Å². The van der Waals surface area contributed by atoms with Gasteiger partial charge in [0.25, 0.3) is 11.8 Å². The molecule has 1 atom stereocenters. The summed E-state index contributed by atoms with van der Waals surface area (Å²) < 4.78 is 25.3. The van der Waals surface area contributed by atoms with Gasteiger partial charge in [-0.3, -0.25) is 19.3 Å². The van der Waals surface area contributed by atoms with Gasteiger partial charge in [0, 0.05) is 50.1 Å². The van der Waals surface area contributed by atoms with Crippen molar-refractivity contribution in [2.75, 3.05) is 46.0 Å². The van der Waals surface area contributed by atoms with E-state index in [0.717, 1.165) is 0 Å². The number of morpholine rings is 1. The first-order valence-electron chi connectivity index (χ1n) is 11.9. The van der Waals surface area contributed by atoms with Gasteiger partial charge in [-0.25, -0.2) is 4.39 Å². The molecule has 0 unspecified atom stereocenters. The molecule has 0 saturated carbocycles. The highest BCUT2D eigenvalue weighted by molar-refractivity contribution is 5.98. The van der Waals surface area contributed by atoms with E-state index in [1.807, 2.05) is 6.07 Å². The summed E-state index contributed by atoms with van der Waals surface area (Å²) >= 11 is 0. The van der Waals surface area contributed by atoms with Crippen molar-refractivity contribution in [2.45, 2.75) is 24.6 Å². The Bertz CT molecular complexity index is 1100. The quantitative estimate of drug-likeness (QED) is 0.672. The minimum absolute atomic E-state index is 0.104. The average Bonchev–Trinajstić information content (AvgIpc) is 3.27. The number of likely N-dealkylation sites (tertiary alicyclic amines) is 1. The molecule has 8 nitrogen and oxygen atoms in total. The summed E-state index contributed by atoms with van der Waals surface area (Å²) in [6, 6.07) is 13.7. The fraction of sp³-hybridized carbons (Fsp3) is 0.423. The SMILES string of the molecule is O=C(c1cccc(F)c1)N1CCC2(CC1)OC[C@H](C(=O)N1CCOCC1)N2C(=O)c1ccccc1. The van der Waals surface area contributed by atoms with Crippen LogP contribution in [-0.4, -0.2) is 90.2 Å². The zero-order chi connectivity index (χ0) is 24.4. The first kappa shape index (κ1) is 23.4. The van der Waals surface area contributed by atoms with Gasteiger partial charge < -0.3 is 19.3 Å². The molecule has 0 N–H and O–H groups in total. The molecule has 35 heavy (non-hydrogen) atoms. The lowest BCUT2D eigenvalue weighted by atomic mass is 9.96. The zero-order valence-corrected chi connectivity index (χ0v) is 19.4. The lowest BCUT2D eigenvalue weighted by Gasteiger charge is -2.45. The monoisotopic (exact) mass is 481 g/mol. The third-order valence-corrected chi connectivity index (χ3v) is 7.01. The van der Waals surface area contributed by atoms with E-state index in [0.29, 0.717) is 57.8 Å². The Morgan fingerprint density at radius 1 is 0.829 bits per heavy atom. The molecule has 3 aliphatic rings. The van der Waals surface area contributed by atoms with Gasteiger partial charge in [-0.1, -0.05) is 24.3 Å². The van der Waals surface area contributed by atoms with E-state index in [-0.39, 0.29) is 29.9 Å². The second-order valence-corrected chi connectivity index (χ2v) is 9.05. The van der Waals surface area contributed by atoms with Gasteiger partial charge in [-0.2, -0.15) is 0 Å². The number of carbonyl (C=O) groups excluding carboxylic acids is 3. The van der Waals surface area contributed by atoms with Crippen LogP contribution in [0.25, 0.3) is 0 Å². The van der Waals surface area contributed by atoms with Crippen molar-refractivity contribution in [1.82, 2.24) is 14.7 Å². The Morgan fingerprint density at radius 2 is 1.51 bits per heavy atom. The second kappa shape index (κ2) is 9.75. The largest absolute Gasteiger partial charge is 0.378 e. The minimum Gasteiger partial charge on any atom is -0.378 e. The Morgan fingerprint density at radius 3 is 2.20 bits per heavy atom. The molecular weight excluding hydrogens is 453 g/mol. The Labute approximate surface area is 203 Å². The molecule has 0 aromatic heterocycles. The highest BCUT2D eigenvalue weighted by Gasteiger charge is 2.55. The molecule has 0 radical (unpaired) electrons. The van der Waals surface area contributed by atoms with Crippen LogP contribution in [0, 0.1) is 5.82 Å². The fourth-order valence-electron chi connectivity index (χ4n) is 5.13. The molecule has 3 aliphatic heterocycles. The summed E-state index contributed by atoms with van der Waals surface area (Å²) in [5, 5.41) is 0. The molecular formula is C26H28FN3O5. The van der Waals surface area contributed by atoms with E-state index in [1.54, 1.807) is 45.0 Å². The Kier molecular flexibility index (Phi) is 6.53. The van der Waals surface area contributed by atoms with Crippen molar-refractivity contribution in [1.29, 1.82) is 0 Å². The molecule has 184 valence electrons. The molecule has 3 saturated heterocycles. The molecule has 1 spiro atoms. The predicted molar refractivity (Wildman–Crippen MR) is 124 cm³/mol. The number of carbonyl (C=O) groups is 3. The van der Waals surface area contributed by atoms with Crippen LogP contribution in [0.5, 0.6) is 0 Å². The van der Waals surface area contributed by atoms with E-state index in [1.165, 1.54) is 18.2 Å². The maximum atomic E-state index is 13.7. The lowest BCUT2D eigenvalue weighted by molar-refractivity contribution is -0.141.